The van der Waals surface area contributed by atoms with E-state index in [2.05, 4.69) is 39.5 Å². The molecule has 0 spiro atoms. The molecular weight excluding hydrogens is 629 g/mol. The Morgan fingerprint density at radius 2 is 0.784 bits per heavy atom. The molecule has 2 atom stereocenters. The second-order valence-electron chi connectivity index (χ2n) is 15.8. The molecular formula is C46H92N2O3. The van der Waals surface area contributed by atoms with Crippen molar-refractivity contribution in [2.24, 2.45) is 11.8 Å². The quantitative estimate of drug-likeness (QED) is 0.0296. The van der Waals surface area contributed by atoms with Gasteiger partial charge in [0.1, 0.15) is 0 Å². The highest BCUT2D eigenvalue weighted by Crippen LogP contribution is 2.21. The largest absolute Gasteiger partial charge is 0.481 e. The summed E-state index contributed by atoms with van der Waals surface area (Å²) >= 11 is 0. The zero-order valence-electron chi connectivity index (χ0n) is 35.5. The fourth-order valence-corrected chi connectivity index (χ4v) is 7.34. The normalized spacial score (nSPS) is 12.7. The van der Waals surface area contributed by atoms with Gasteiger partial charge in [0.05, 0.1) is 19.1 Å². The van der Waals surface area contributed by atoms with Crippen LogP contribution in [0.15, 0.2) is 0 Å². The van der Waals surface area contributed by atoms with Crippen molar-refractivity contribution in [2.45, 2.75) is 240 Å². The topological polar surface area (TPSA) is 62.6 Å². The highest BCUT2D eigenvalue weighted by molar-refractivity contribution is 5.75. The molecule has 0 saturated carbocycles. The van der Waals surface area contributed by atoms with Crippen LogP contribution in [-0.2, 0) is 14.3 Å². The molecule has 0 aromatic rings. The van der Waals surface area contributed by atoms with Gasteiger partial charge in [-0.15, -0.1) is 0 Å². The first-order valence-electron chi connectivity index (χ1n) is 23.1. The lowest BCUT2D eigenvalue weighted by Gasteiger charge is -2.20. The first kappa shape index (κ1) is 49.9. The van der Waals surface area contributed by atoms with Crippen LogP contribution in [0.5, 0.6) is 0 Å². The van der Waals surface area contributed by atoms with Crippen LogP contribution < -0.4 is 0 Å². The number of ether oxygens (including phenoxy) is 2. The molecule has 2 unspecified atom stereocenters. The van der Waals surface area contributed by atoms with E-state index < -0.39 is 0 Å². The Morgan fingerprint density at radius 1 is 0.431 bits per heavy atom. The Morgan fingerprint density at radius 3 is 1.24 bits per heavy atom. The summed E-state index contributed by atoms with van der Waals surface area (Å²) in [4.78, 5) is 15.3. The summed E-state index contributed by atoms with van der Waals surface area (Å²) in [6.07, 6.45) is 39.7. The van der Waals surface area contributed by atoms with Gasteiger partial charge in [-0.3, -0.25) is 10.2 Å². The third-order valence-corrected chi connectivity index (χ3v) is 11.0. The zero-order chi connectivity index (χ0) is 37.5. The molecule has 0 aliphatic carbocycles. The number of hydrogen-bond acceptors (Lipinski definition) is 5. The summed E-state index contributed by atoms with van der Waals surface area (Å²) in [6, 6.07) is 0. The van der Waals surface area contributed by atoms with Crippen molar-refractivity contribution in [3.05, 3.63) is 0 Å². The van der Waals surface area contributed by atoms with Crippen molar-refractivity contribution in [3.8, 4) is 0 Å². The lowest BCUT2D eigenvalue weighted by atomic mass is 9.95. The lowest BCUT2D eigenvalue weighted by molar-refractivity contribution is -0.149. The number of rotatable bonds is 41. The number of nitrogens with one attached hydrogen (secondary N) is 1. The predicted molar refractivity (Wildman–Crippen MR) is 224 cm³/mol. The second kappa shape index (κ2) is 40.1. The SMILES string of the molecule is CCCCCCC(CCCC)C(=N)OCCCCCCCCCN(CC)CCCCCCCCCCCOC(=O)C(CCCC)CCCCCC. The van der Waals surface area contributed by atoms with Crippen LogP contribution in [-0.4, -0.2) is 49.6 Å². The second-order valence-corrected chi connectivity index (χ2v) is 15.8. The van der Waals surface area contributed by atoms with Gasteiger partial charge in [0.2, 0.25) is 0 Å². The van der Waals surface area contributed by atoms with Gasteiger partial charge < -0.3 is 14.4 Å². The number of esters is 1. The summed E-state index contributed by atoms with van der Waals surface area (Å²) in [7, 11) is 0. The Kier molecular flexibility index (Phi) is 39.2. The Bertz CT molecular complexity index is 729. The molecule has 0 amide bonds. The Hall–Kier alpha value is -1.10. The molecule has 304 valence electrons. The number of nitrogens with zero attached hydrogens (tertiary/aromatic N) is 1. The number of carbonyl (C=O) groups excluding carboxylic acids is 1. The average molecular weight is 721 g/mol. The summed E-state index contributed by atoms with van der Waals surface area (Å²) in [6.45, 7) is 16.3. The maximum absolute atomic E-state index is 12.6. The molecule has 0 rings (SSSR count). The smallest absolute Gasteiger partial charge is 0.308 e. The Balaban J connectivity index is 3.69. The first-order valence-corrected chi connectivity index (χ1v) is 23.1. The molecule has 0 radical (unpaired) electrons. The molecule has 0 bridgehead atoms. The summed E-state index contributed by atoms with van der Waals surface area (Å²) in [5.41, 5.74) is 0. The minimum atomic E-state index is 0.0720. The van der Waals surface area contributed by atoms with Crippen molar-refractivity contribution >= 4 is 11.9 Å². The molecule has 0 aliphatic rings. The highest BCUT2D eigenvalue weighted by atomic mass is 16.5. The molecule has 51 heavy (non-hydrogen) atoms. The zero-order valence-corrected chi connectivity index (χ0v) is 35.5. The van der Waals surface area contributed by atoms with Gasteiger partial charge in [0.15, 0.2) is 5.90 Å². The van der Waals surface area contributed by atoms with Gasteiger partial charge in [-0.1, -0.05) is 189 Å². The number of hydrogen-bond donors (Lipinski definition) is 1. The fraction of sp³-hybridized carbons (Fsp3) is 0.957. The summed E-state index contributed by atoms with van der Waals surface area (Å²) in [5, 5.41) is 8.47. The van der Waals surface area contributed by atoms with E-state index in [1.807, 2.05) is 0 Å². The molecule has 0 saturated heterocycles. The summed E-state index contributed by atoms with van der Waals surface area (Å²) < 4.78 is 11.6. The van der Waals surface area contributed by atoms with Gasteiger partial charge in [0.25, 0.3) is 0 Å². The van der Waals surface area contributed by atoms with E-state index in [1.54, 1.807) is 0 Å². The molecule has 0 fully saturated rings. The van der Waals surface area contributed by atoms with E-state index in [0.29, 0.717) is 18.4 Å². The Labute approximate surface area is 320 Å². The van der Waals surface area contributed by atoms with Crippen LogP contribution in [0.4, 0.5) is 0 Å². The van der Waals surface area contributed by atoms with Crippen molar-refractivity contribution in [3.63, 3.8) is 0 Å². The van der Waals surface area contributed by atoms with E-state index in [-0.39, 0.29) is 11.9 Å². The van der Waals surface area contributed by atoms with Crippen LogP contribution in [0, 0.1) is 17.2 Å². The third kappa shape index (κ3) is 33.2. The van der Waals surface area contributed by atoms with Crippen LogP contribution in [0.3, 0.4) is 0 Å². The van der Waals surface area contributed by atoms with Crippen LogP contribution in [0.25, 0.3) is 0 Å². The molecule has 0 heterocycles. The van der Waals surface area contributed by atoms with E-state index in [9.17, 15) is 4.79 Å². The molecule has 5 heteroatoms. The van der Waals surface area contributed by atoms with E-state index >= 15 is 0 Å². The molecule has 0 aromatic carbocycles. The number of carbonyl (C=O) groups is 1. The van der Waals surface area contributed by atoms with Crippen LogP contribution in [0.1, 0.15) is 240 Å². The van der Waals surface area contributed by atoms with Crippen molar-refractivity contribution < 1.29 is 14.3 Å². The van der Waals surface area contributed by atoms with E-state index in [0.717, 1.165) is 58.0 Å². The average Bonchev–Trinajstić information content (AvgIpc) is 3.14. The van der Waals surface area contributed by atoms with Crippen LogP contribution >= 0.6 is 0 Å². The summed E-state index contributed by atoms with van der Waals surface area (Å²) in [5.74, 6) is 1.12. The van der Waals surface area contributed by atoms with Gasteiger partial charge in [-0.25, -0.2) is 0 Å². The van der Waals surface area contributed by atoms with Crippen molar-refractivity contribution in [1.82, 2.24) is 4.90 Å². The van der Waals surface area contributed by atoms with Crippen molar-refractivity contribution in [2.75, 3.05) is 32.8 Å². The third-order valence-electron chi connectivity index (χ3n) is 11.0. The lowest BCUT2D eigenvalue weighted by Crippen LogP contribution is -2.25. The predicted octanol–water partition coefficient (Wildman–Crippen LogP) is 14.6. The van der Waals surface area contributed by atoms with E-state index in [4.69, 9.17) is 14.9 Å². The molecule has 5 nitrogen and oxygen atoms in total. The highest BCUT2D eigenvalue weighted by Gasteiger charge is 2.19. The molecule has 0 aromatic heterocycles. The first-order chi connectivity index (χ1) is 25.0. The maximum atomic E-state index is 12.6. The molecule has 0 aliphatic heterocycles. The maximum Gasteiger partial charge on any atom is 0.308 e. The van der Waals surface area contributed by atoms with Gasteiger partial charge in [-0.05, 0) is 71.0 Å². The minimum absolute atomic E-state index is 0.0720. The van der Waals surface area contributed by atoms with Crippen molar-refractivity contribution in [1.29, 1.82) is 5.41 Å². The van der Waals surface area contributed by atoms with Crippen LogP contribution in [0.2, 0.25) is 0 Å². The fourth-order valence-electron chi connectivity index (χ4n) is 7.34. The standard InChI is InChI=1S/C46H92N2O3/c1-6-11-15-29-37-43(35-13-8-3)45(47)50-41-33-27-24-20-22-26-32-40-48(10-5)39-31-25-21-18-17-19-23-28-34-42-51-46(49)44(36-14-9-4)38-30-16-12-7-2/h43-44,47H,6-42H2,1-5H3. The minimum Gasteiger partial charge on any atom is -0.481 e. The van der Waals surface area contributed by atoms with Gasteiger partial charge in [0, 0.05) is 5.92 Å². The number of unbranched alkanes of at least 4 members (excludes halogenated alkanes) is 22. The monoisotopic (exact) mass is 721 g/mol. The van der Waals surface area contributed by atoms with E-state index in [1.165, 1.54) is 174 Å². The van der Waals surface area contributed by atoms with Gasteiger partial charge in [-0.2, -0.15) is 0 Å². The van der Waals surface area contributed by atoms with Gasteiger partial charge >= 0.3 is 5.97 Å². The molecule has 1 N–H and O–H groups in total.